The minimum atomic E-state index is -2.27. The van der Waals surface area contributed by atoms with Crippen LogP contribution in [-0.2, 0) is 0 Å². The van der Waals surface area contributed by atoms with Crippen LogP contribution in [-0.4, -0.2) is 0 Å². The Morgan fingerprint density at radius 2 is 1.75 bits per heavy atom. The molecule has 0 aromatic carbocycles. The van der Waals surface area contributed by atoms with Gasteiger partial charge in [-0.15, -0.1) is 0 Å². The van der Waals surface area contributed by atoms with Crippen LogP contribution in [0.15, 0.2) is 24.1 Å². The Bertz CT molecular complexity index is 120. The summed E-state index contributed by atoms with van der Waals surface area (Å²) in [4.78, 5) is 0. The molecule has 0 rings (SSSR count). The van der Waals surface area contributed by atoms with Gasteiger partial charge in [-0.05, 0) is 13.0 Å². The van der Waals surface area contributed by atoms with Crippen LogP contribution in [0.1, 0.15) is 6.92 Å². The Morgan fingerprint density at radius 1 is 1.25 bits per heavy atom. The van der Waals surface area contributed by atoms with Gasteiger partial charge in [0.05, 0.1) is 0 Å². The van der Waals surface area contributed by atoms with E-state index in [0.717, 1.165) is 0 Å². The van der Waals surface area contributed by atoms with Gasteiger partial charge in [0, 0.05) is 0 Å². The van der Waals surface area contributed by atoms with Gasteiger partial charge in [0.1, 0.15) is 0 Å². The van der Waals surface area contributed by atoms with Crippen molar-refractivity contribution in [2.45, 2.75) is 6.92 Å². The summed E-state index contributed by atoms with van der Waals surface area (Å²) in [5.41, 5.74) is 0. The van der Waals surface area contributed by atoms with Crippen LogP contribution < -0.4 is 0 Å². The maximum absolute atomic E-state index is 11.6. The highest BCUT2D eigenvalue weighted by molar-refractivity contribution is 5.09. The fraction of sp³-hybridized carbons (Fsp3) is 0.200. The first-order chi connectivity index (χ1) is 3.68. The number of rotatable bonds is 1. The van der Waals surface area contributed by atoms with E-state index in [-0.39, 0.29) is 0 Å². The maximum atomic E-state index is 11.6. The molecule has 3 heteroatoms. The Labute approximate surface area is 45.3 Å². The van der Waals surface area contributed by atoms with Gasteiger partial charge in [-0.1, -0.05) is 6.08 Å². The lowest BCUT2D eigenvalue weighted by Crippen LogP contribution is -1.64. The van der Waals surface area contributed by atoms with Gasteiger partial charge in [-0.3, -0.25) is 0 Å². The molecule has 0 aromatic heterocycles. The highest BCUT2D eigenvalue weighted by Gasteiger charge is 1.96. The topological polar surface area (TPSA) is 0 Å². The lowest BCUT2D eigenvalue weighted by molar-refractivity contribution is 0.387. The van der Waals surface area contributed by atoms with E-state index in [4.69, 9.17) is 0 Å². The molecular formula is C5H5F3. The summed E-state index contributed by atoms with van der Waals surface area (Å²) in [5.74, 6) is -1.47. The van der Waals surface area contributed by atoms with Gasteiger partial charge < -0.3 is 0 Å². The van der Waals surface area contributed by atoms with E-state index in [1.165, 1.54) is 13.0 Å². The molecule has 0 N–H and O–H groups in total. The van der Waals surface area contributed by atoms with Gasteiger partial charge in [0.15, 0.2) is 5.83 Å². The number of hydrogen-bond donors (Lipinski definition) is 0. The second-order valence-electron chi connectivity index (χ2n) is 1.11. The van der Waals surface area contributed by atoms with Crippen molar-refractivity contribution in [3.8, 4) is 0 Å². The van der Waals surface area contributed by atoms with Crippen LogP contribution in [0, 0.1) is 0 Å². The molecule has 0 saturated heterocycles. The zero-order valence-corrected chi connectivity index (χ0v) is 4.29. The molecule has 0 spiro atoms. The molecule has 0 fully saturated rings. The van der Waals surface area contributed by atoms with Gasteiger partial charge in [0.2, 0.25) is 0 Å². The molecular weight excluding hydrogens is 117 g/mol. The zero-order valence-electron chi connectivity index (χ0n) is 4.29. The Morgan fingerprint density at radius 3 is 1.88 bits per heavy atom. The smallest absolute Gasteiger partial charge is 0.201 e. The van der Waals surface area contributed by atoms with Crippen molar-refractivity contribution in [2.24, 2.45) is 0 Å². The Balaban J connectivity index is 4.00. The highest BCUT2D eigenvalue weighted by atomic mass is 19.3. The molecule has 46 valence electrons. The van der Waals surface area contributed by atoms with Crippen molar-refractivity contribution in [3.63, 3.8) is 0 Å². The van der Waals surface area contributed by atoms with Gasteiger partial charge in [-0.2, -0.15) is 8.78 Å². The van der Waals surface area contributed by atoms with Crippen LogP contribution in [0.3, 0.4) is 0 Å². The second kappa shape index (κ2) is 3.29. The second-order valence-corrected chi connectivity index (χ2v) is 1.11. The van der Waals surface area contributed by atoms with E-state index in [0.29, 0.717) is 6.08 Å². The lowest BCUT2D eigenvalue weighted by atomic mass is 10.5. The molecule has 0 nitrogen and oxygen atoms in total. The molecule has 8 heavy (non-hydrogen) atoms. The highest BCUT2D eigenvalue weighted by Crippen LogP contribution is 2.09. The molecule has 0 aliphatic rings. The third-order valence-corrected chi connectivity index (χ3v) is 0.494. The predicted octanol–water partition coefficient (Wildman–Crippen LogP) is 2.64. The summed E-state index contributed by atoms with van der Waals surface area (Å²) in [6.45, 7) is 1.46. The van der Waals surface area contributed by atoms with E-state index in [1.54, 1.807) is 0 Å². The van der Waals surface area contributed by atoms with Crippen LogP contribution in [0.25, 0.3) is 0 Å². The van der Waals surface area contributed by atoms with E-state index < -0.39 is 11.9 Å². The van der Waals surface area contributed by atoms with Gasteiger partial charge in [0.25, 0.3) is 0 Å². The summed E-state index contributed by atoms with van der Waals surface area (Å²) in [6.07, 6.45) is -0.368. The average Bonchev–Trinajstić information content (AvgIpc) is 1.67. The Hall–Kier alpha value is -0.730. The third-order valence-electron chi connectivity index (χ3n) is 0.494. The van der Waals surface area contributed by atoms with Crippen LogP contribution in [0.4, 0.5) is 13.2 Å². The minimum absolute atomic E-state index is 0.704. The largest absolute Gasteiger partial charge is 0.305 e. The fourth-order valence-electron chi connectivity index (χ4n) is 0.209. The van der Waals surface area contributed by atoms with Crippen molar-refractivity contribution in [3.05, 3.63) is 24.1 Å². The predicted molar refractivity (Wildman–Crippen MR) is 25.2 cm³/mol. The quantitative estimate of drug-likeness (QED) is 0.469. The molecule has 0 aromatic rings. The van der Waals surface area contributed by atoms with Gasteiger partial charge >= 0.3 is 6.08 Å². The van der Waals surface area contributed by atoms with Crippen LogP contribution in [0.2, 0.25) is 0 Å². The molecule has 0 atom stereocenters. The van der Waals surface area contributed by atoms with Crippen molar-refractivity contribution in [2.75, 3.05) is 0 Å². The van der Waals surface area contributed by atoms with E-state index in [1.807, 2.05) is 0 Å². The van der Waals surface area contributed by atoms with Crippen molar-refractivity contribution in [1.29, 1.82) is 0 Å². The number of allylic oxidation sites excluding steroid dienone is 3. The standard InChI is InChI=1S/C5H5F3/c1-2-3-4(6)5(7)8/h2-3H,1H3. The lowest BCUT2D eigenvalue weighted by Gasteiger charge is -1.79. The van der Waals surface area contributed by atoms with Crippen LogP contribution >= 0.6 is 0 Å². The fourth-order valence-corrected chi connectivity index (χ4v) is 0.209. The zero-order chi connectivity index (χ0) is 6.57. The summed E-state index contributed by atoms with van der Waals surface area (Å²) >= 11 is 0. The summed E-state index contributed by atoms with van der Waals surface area (Å²) in [6, 6.07) is 0. The minimum Gasteiger partial charge on any atom is -0.201 e. The molecule has 0 aliphatic carbocycles. The van der Waals surface area contributed by atoms with Gasteiger partial charge in [-0.25, -0.2) is 4.39 Å². The van der Waals surface area contributed by atoms with E-state index in [9.17, 15) is 13.2 Å². The first kappa shape index (κ1) is 7.27. The first-order valence-corrected chi connectivity index (χ1v) is 2.02. The van der Waals surface area contributed by atoms with Crippen molar-refractivity contribution >= 4 is 0 Å². The average molecular weight is 122 g/mol. The van der Waals surface area contributed by atoms with Crippen molar-refractivity contribution < 1.29 is 13.2 Å². The summed E-state index contributed by atoms with van der Waals surface area (Å²) in [7, 11) is 0. The molecule has 0 aliphatic heterocycles. The third kappa shape index (κ3) is 2.44. The van der Waals surface area contributed by atoms with Crippen molar-refractivity contribution in [1.82, 2.24) is 0 Å². The summed E-state index contributed by atoms with van der Waals surface area (Å²) in [5, 5.41) is 0. The van der Waals surface area contributed by atoms with E-state index in [2.05, 4.69) is 0 Å². The molecule has 0 bridgehead atoms. The normalized spacial score (nSPS) is 10.0. The molecule has 0 unspecified atom stereocenters. The maximum Gasteiger partial charge on any atom is 0.305 e. The van der Waals surface area contributed by atoms with E-state index >= 15 is 0 Å². The molecule has 0 saturated carbocycles. The molecule has 0 amide bonds. The number of halogens is 3. The number of hydrogen-bond acceptors (Lipinski definition) is 0. The SMILES string of the molecule is CC=CC(F)=C(F)F. The first-order valence-electron chi connectivity index (χ1n) is 2.02. The Kier molecular flexibility index (Phi) is 2.99. The monoisotopic (exact) mass is 122 g/mol. The summed E-state index contributed by atoms with van der Waals surface area (Å²) < 4.78 is 33.7. The van der Waals surface area contributed by atoms with Crippen LogP contribution in [0.5, 0.6) is 0 Å². The molecule has 0 radical (unpaired) electrons. The molecule has 0 heterocycles.